The van der Waals surface area contributed by atoms with Crippen molar-refractivity contribution in [1.29, 1.82) is 0 Å². The lowest BCUT2D eigenvalue weighted by Gasteiger charge is -2.42. The standard InChI is InChI=1S/C33H38N10O2S/c1-5-46-28-11-6-8-21(36-28)16-42-17-22(18-42)43-30-19(2)41(4)31-23(24(30)15-35-43)9-7-10-25(31)37-26-14-27(38-32(44)20-12-13-20)39-40-29(26)33(45)34-3/h6-11,14-15,19-20,22H,5,12-13,16-18H2,1-4H3,(H,34,45)(H2,37,38,39,44). The monoisotopic (exact) mass is 638 g/mol. The molecule has 46 heavy (non-hydrogen) atoms. The zero-order chi connectivity index (χ0) is 31.9. The van der Waals surface area contributed by atoms with Gasteiger partial charge in [0.05, 0.1) is 51.8 Å². The van der Waals surface area contributed by atoms with Crippen LogP contribution < -0.4 is 20.9 Å². The first-order chi connectivity index (χ1) is 22.3. The molecule has 1 saturated heterocycles. The first kappa shape index (κ1) is 30.2. The van der Waals surface area contributed by atoms with Crippen molar-refractivity contribution in [1.82, 2.24) is 35.2 Å². The molecule has 0 spiro atoms. The number of para-hydroxylation sites is 1. The first-order valence-electron chi connectivity index (χ1n) is 15.8. The third kappa shape index (κ3) is 5.69. The average molecular weight is 639 g/mol. The number of amides is 2. The second-order valence-electron chi connectivity index (χ2n) is 12.1. The van der Waals surface area contributed by atoms with Gasteiger partial charge in [-0.05, 0) is 43.7 Å². The Morgan fingerprint density at radius 2 is 1.85 bits per heavy atom. The van der Waals surface area contributed by atoms with Crippen LogP contribution in [-0.4, -0.2) is 74.6 Å². The van der Waals surface area contributed by atoms with Crippen molar-refractivity contribution >= 4 is 46.5 Å². The number of carbonyl (C=O) groups excluding carboxylic acids is 2. The molecule has 0 bridgehead atoms. The van der Waals surface area contributed by atoms with E-state index in [-0.39, 0.29) is 35.5 Å². The Kier molecular flexibility index (Phi) is 8.11. The fourth-order valence-electron chi connectivity index (χ4n) is 6.29. The van der Waals surface area contributed by atoms with E-state index < -0.39 is 0 Å². The van der Waals surface area contributed by atoms with Gasteiger partial charge in [0.2, 0.25) is 5.91 Å². The Labute approximate surface area is 272 Å². The van der Waals surface area contributed by atoms with Gasteiger partial charge in [-0.2, -0.15) is 5.10 Å². The summed E-state index contributed by atoms with van der Waals surface area (Å²) < 4.78 is 2.21. The summed E-state index contributed by atoms with van der Waals surface area (Å²) in [6.45, 7) is 7.02. The van der Waals surface area contributed by atoms with Gasteiger partial charge in [-0.25, -0.2) is 4.98 Å². The Morgan fingerprint density at radius 1 is 1.04 bits per heavy atom. The minimum atomic E-state index is -0.372. The van der Waals surface area contributed by atoms with Crippen LogP contribution in [0.1, 0.15) is 60.6 Å². The van der Waals surface area contributed by atoms with Gasteiger partial charge in [-0.1, -0.05) is 25.1 Å². The zero-order valence-electron chi connectivity index (χ0n) is 26.4. The smallest absolute Gasteiger partial charge is 0.273 e. The third-order valence-electron chi connectivity index (χ3n) is 8.94. The van der Waals surface area contributed by atoms with Crippen LogP contribution in [0.5, 0.6) is 0 Å². The van der Waals surface area contributed by atoms with E-state index >= 15 is 0 Å². The lowest BCUT2D eigenvalue weighted by Crippen LogP contribution is -2.48. The summed E-state index contributed by atoms with van der Waals surface area (Å²) in [5.41, 5.74) is 6.86. The summed E-state index contributed by atoms with van der Waals surface area (Å²) in [7, 11) is 3.64. The van der Waals surface area contributed by atoms with Gasteiger partial charge in [0, 0.05) is 56.8 Å². The molecule has 2 aliphatic heterocycles. The zero-order valence-corrected chi connectivity index (χ0v) is 27.3. The summed E-state index contributed by atoms with van der Waals surface area (Å²) >= 11 is 1.77. The number of nitrogens with one attached hydrogen (secondary N) is 3. The van der Waals surface area contributed by atoms with Gasteiger partial charge in [-0.15, -0.1) is 22.0 Å². The SMILES string of the molecule is CCSc1cccc(CN2CC(n3ncc4c3C(C)N(C)c3c(Nc5cc(NC(=O)C6CC6)nnc5C(=O)NC)cccc3-4)C2)n1. The fraction of sp³-hybridized carbons (Fsp3) is 0.394. The largest absolute Gasteiger partial charge is 0.364 e. The lowest BCUT2D eigenvalue weighted by molar-refractivity contribution is -0.117. The molecule has 3 aromatic heterocycles. The first-order valence-corrected chi connectivity index (χ1v) is 16.8. The van der Waals surface area contributed by atoms with Gasteiger partial charge in [0.15, 0.2) is 11.5 Å². The van der Waals surface area contributed by atoms with E-state index in [2.05, 4.69) is 85.8 Å². The number of rotatable bonds is 10. The van der Waals surface area contributed by atoms with E-state index in [0.29, 0.717) is 11.5 Å². The van der Waals surface area contributed by atoms with Crippen LogP contribution in [0.25, 0.3) is 11.1 Å². The molecular weight excluding hydrogens is 600 g/mol. The van der Waals surface area contributed by atoms with Crippen molar-refractivity contribution in [3.05, 3.63) is 65.7 Å². The molecule has 3 aliphatic rings. The van der Waals surface area contributed by atoms with Crippen molar-refractivity contribution < 1.29 is 9.59 Å². The predicted octanol–water partition coefficient (Wildman–Crippen LogP) is 4.87. The Balaban J connectivity index is 1.14. The molecule has 0 radical (unpaired) electrons. The van der Waals surface area contributed by atoms with E-state index in [0.717, 1.165) is 71.5 Å². The molecule has 13 heteroatoms. The summed E-state index contributed by atoms with van der Waals surface area (Å²) in [6, 6.07) is 14.4. The molecule has 5 heterocycles. The Bertz CT molecular complexity index is 1800. The molecule has 3 N–H and O–H groups in total. The fourth-order valence-corrected chi connectivity index (χ4v) is 6.94. The lowest BCUT2D eigenvalue weighted by atomic mass is 9.93. The van der Waals surface area contributed by atoms with E-state index in [4.69, 9.17) is 10.1 Å². The molecule has 2 amide bonds. The van der Waals surface area contributed by atoms with Crippen molar-refractivity contribution in [2.45, 2.75) is 50.3 Å². The highest BCUT2D eigenvalue weighted by atomic mass is 32.2. The summed E-state index contributed by atoms with van der Waals surface area (Å²) in [5.74, 6) is 0.890. The number of hydrogen-bond acceptors (Lipinski definition) is 10. The maximum atomic E-state index is 12.7. The molecule has 1 atom stereocenters. The van der Waals surface area contributed by atoms with Crippen LogP contribution in [0.3, 0.4) is 0 Å². The number of anilines is 4. The minimum Gasteiger partial charge on any atom is -0.364 e. The van der Waals surface area contributed by atoms with Gasteiger partial charge in [-0.3, -0.25) is 19.2 Å². The number of hydrogen-bond donors (Lipinski definition) is 3. The highest BCUT2D eigenvalue weighted by Gasteiger charge is 2.37. The van der Waals surface area contributed by atoms with Gasteiger partial charge in [0.25, 0.3) is 5.91 Å². The second kappa shape index (κ2) is 12.4. The minimum absolute atomic E-state index is 0.0186. The maximum absolute atomic E-state index is 12.7. The predicted molar refractivity (Wildman–Crippen MR) is 179 cm³/mol. The van der Waals surface area contributed by atoms with Crippen LogP contribution >= 0.6 is 11.8 Å². The molecule has 4 aromatic rings. The molecule has 1 aromatic carbocycles. The number of pyridine rings is 1. The van der Waals surface area contributed by atoms with E-state index in [1.54, 1.807) is 24.9 Å². The molecular formula is C33H38N10O2S. The van der Waals surface area contributed by atoms with E-state index in [1.165, 1.54) is 5.69 Å². The van der Waals surface area contributed by atoms with Crippen LogP contribution in [-0.2, 0) is 11.3 Å². The number of aromatic nitrogens is 5. The molecule has 2 fully saturated rings. The average Bonchev–Trinajstić information content (AvgIpc) is 3.80. The topological polar surface area (TPSA) is 133 Å². The number of benzene rings is 1. The number of fused-ring (bicyclic) bond motifs is 3. The highest BCUT2D eigenvalue weighted by molar-refractivity contribution is 7.99. The number of thioether (sulfide) groups is 1. The number of carbonyl (C=O) groups is 2. The van der Waals surface area contributed by atoms with E-state index in [1.807, 2.05) is 18.3 Å². The quantitative estimate of drug-likeness (QED) is 0.207. The highest BCUT2D eigenvalue weighted by Crippen LogP contribution is 2.49. The van der Waals surface area contributed by atoms with Crippen LogP contribution in [0.4, 0.5) is 22.9 Å². The van der Waals surface area contributed by atoms with Crippen molar-refractivity contribution in [3.8, 4) is 11.1 Å². The summed E-state index contributed by atoms with van der Waals surface area (Å²) in [6.07, 6.45) is 3.74. The molecule has 1 aliphatic carbocycles. The molecule has 1 unspecified atom stereocenters. The summed E-state index contributed by atoms with van der Waals surface area (Å²) in [5, 5.41) is 23.2. The second-order valence-corrected chi connectivity index (χ2v) is 13.4. The number of nitrogens with zero attached hydrogens (tertiary/aromatic N) is 7. The van der Waals surface area contributed by atoms with Gasteiger partial charge >= 0.3 is 0 Å². The van der Waals surface area contributed by atoms with Gasteiger partial charge < -0.3 is 20.9 Å². The molecule has 7 rings (SSSR count). The Hall–Kier alpha value is -4.49. The van der Waals surface area contributed by atoms with Crippen LogP contribution in [0.2, 0.25) is 0 Å². The Morgan fingerprint density at radius 3 is 2.61 bits per heavy atom. The maximum Gasteiger partial charge on any atom is 0.273 e. The van der Waals surface area contributed by atoms with Gasteiger partial charge in [0.1, 0.15) is 0 Å². The summed E-state index contributed by atoms with van der Waals surface area (Å²) in [4.78, 5) is 34.6. The van der Waals surface area contributed by atoms with E-state index in [9.17, 15) is 9.59 Å². The molecule has 12 nitrogen and oxygen atoms in total. The van der Waals surface area contributed by atoms with Crippen molar-refractivity contribution in [3.63, 3.8) is 0 Å². The van der Waals surface area contributed by atoms with Crippen molar-refractivity contribution in [2.24, 2.45) is 5.92 Å². The van der Waals surface area contributed by atoms with Crippen molar-refractivity contribution in [2.75, 3.05) is 48.5 Å². The normalized spacial score (nSPS) is 17.6. The number of likely N-dealkylation sites (tertiary alicyclic amines) is 1. The third-order valence-corrected chi connectivity index (χ3v) is 9.75. The molecule has 1 saturated carbocycles. The molecule has 238 valence electrons. The van der Waals surface area contributed by atoms with Crippen LogP contribution in [0.15, 0.2) is 53.7 Å². The van der Waals surface area contributed by atoms with Crippen LogP contribution in [0, 0.1) is 5.92 Å².